The molecule has 5 rings (SSSR count). The summed E-state index contributed by atoms with van der Waals surface area (Å²) in [6.45, 7) is 4.09. The van der Waals surface area contributed by atoms with Crippen molar-refractivity contribution in [1.29, 1.82) is 0 Å². The Bertz CT molecular complexity index is 1790. The molecule has 1 aliphatic carbocycles. The second-order valence-electron chi connectivity index (χ2n) is 11.5. The van der Waals surface area contributed by atoms with E-state index < -0.39 is 42.4 Å². The van der Waals surface area contributed by atoms with Gasteiger partial charge in [0.15, 0.2) is 19.7 Å². The van der Waals surface area contributed by atoms with Crippen LogP contribution in [-0.2, 0) is 19.7 Å². The highest BCUT2D eigenvalue weighted by Crippen LogP contribution is 2.48. The first-order valence-corrected chi connectivity index (χ1v) is 17.0. The number of alkyl halides is 3. The van der Waals surface area contributed by atoms with Crippen LogP contribution in [0.3, 0.4) is 0 Å². The first kappa shape index (κ1) is 31.2. The minimum atomic E-state index is -4.95. The van der Waals surface area contributed by atoms with Gasteiger partial charge in [-0.05, 0) is 105 Å². The lowest BCUT2D eigenvalue weighted by atomic mass is 9.84. The lowest BCUT2D eigenvalue weighted by molar-refractivity contribution is -0.274. The largest absolute Gasteiger partial charge is 0.573 e. The Kier molecular flexibility index (Phi) is 8.02. The normalized spacial score (nSPS) is 18.8. The molecule has 0 aromatic heterocycles. The Morgan fingerprint density at radius 1 is 0.884 bits per heavy atom. The summed E-state index contributed by atoms with van der Waals surface area (Å²) < 4.78 is 108. The summed E-state index contributed by atoms with van der Waals surface area (Å²) in [5.41, 5.74) is 2.76. The summed E-state index contributed by atoms with van der Waals surface area (Å²) in [6, 6.07) is 15.3. The van der Waals surface area contributed by atoms with E-state index in [2.05, 4.69) is 9.64 Å². The number of hydrogen-bond acceptors (Lipinski definition) is 6. The van der Waals surface area contributed by atoms with Crippen molar-refractivity contribution in [2.24, 2.45) is 5.92 Å². The van der Waals surface area contributed by atoms with E-state index in [4.69, 9.17) is 0 Å². The molecule has 1 unspecified atom stereocenters. The van der Waals surface area contributed by atoms with Crippen LogP contribution in [0.2, 0.25) is 0 Å². The van der Waals surface area contributed by atoms with Gasteiger partial charge in [0.25, 0.3) is 0 Å². The summed E-state index contributed by atoms with van der Waals surface area (Å²) >= 11 is 0. The summed E-state index contributed by atoms with van der Waals surface area (Å²) in [4.78, 5) is 1.92. The standard InChI is InChI=1S/C31H31F4NO5S2/c1-30(2,43(39,40)24-9-6-8-23(19-24)41-31(33,34)35)21-13-15-36(16-14-21)29-25-10-5-4-7-20(25)17-27(29)26-18-22(32)11-12-28(26)42(3,37)38/h4-12,17-19,21,29H,13-16H2,1-3H3. The molecule has 0 radical (unpaired) electrons. The third-order valence-corrected chi connectivity index (χ3v) is 12.2. The maximum absolute atomic E-state index is 14.5. The molecule has 0 saturated carbocycles. The number of nitrogens with zero attached hydrogens (tertiary/aromatic N) is 1. The van der Waals surface area contributed by atoms with Crippen LogP contribution in [0.5, 0.6) is 5.75 Å². The number of halogens is 4. The van der Waals surface area contributed by atoms with E-state index in [1.165, 1.54) is 24.3 Å². The van der Waals surface area contributed by atoms with Crippen LogP contribution in [0.1, 0.15) is 49.4 Å². The monoisotopic (exact) mass is 637 g/mol. The first-order chi connectivity index (χ1) is 20.0. The van der Waals surface area contributed by atoms with E-state index in [1.54, 1.807) is 13.8 Å². The molecule has 1 aliphatic heterocycles. The number of piperidine rings is 1. The summed E-state index contributed by atoms with van der Waals surface area (Å²) in [6.07, 6.45) is -1.08. The van der Waals surface area contributed by atoms with Crippen molar-refractivity contribution in [3.05, 3.63) is 89.2 Å². The van der Waals surface area contributed by atoms with Crippen molar-refractivity contribution in [2.75, 3.05) is 19.3 Å². The predicted molar refractivity (Wildman–Crippen MR) is 155 cm³/mol. The number of rotatable bonds is 7. The fraction of sp³-hybridized carbons (Fsp3) is 0.355. The Morgan fingerprint density at radius 2 is 1.56 bits per heavy atom. The third kappa shape index (κ3) is 6.09. The van der Waals surface area contributed by atoms with Crippen molar-refractivity contribution < 1.29 is 39.1 Å². The minimum Gasteiger partial charge on any atom is -0.406 e. The van der Waals surface area contributed by atoms with Crippen LogP contribution < -0.4 is 4.74 Å². The zero-order valence-electron chi connectivity index (χ0n) is 23.7. The number of likely N-dealkylation sites (tertiary alicyclic amines) is 1. The van der Waals surface area contributed by atoms with Crippen molar-refractivity contribution in [3.8, 4) is 5.75 Å². The van der Waals surface area contributed by atoms with Gasteiger partial charge in [-0.2, -0.15) is 0 Å². The van der Waals surface area contributed by atoms with Crippen molar-refractivity contribution in [1.82, 2.24) is 4.90 Å². The number of fused-ring (bicyclic) bond motifs is 1. The van der Waals surface area contributed by atoms with Crippen molar-refractivity contribution in [2.45, 2.75) is 53.6 Å². The molecule has 3 aromatic rings. The van der Waals surface area contributed by atoms with Crippen molar-refractivity contribution >= 4 is 31.3 Å². The van der Waals surface area contributed by atoms with Gasteiger partial charge >= 0.3 is 6.36 Å². The lowest BCUT2D eigenvalue weighted by Gasteiger charge is -2.43. The summed E-state index contributed by atoms with van der Waals surface area (Å²) in [5, 5.41) is 0. The second-order valence-corrected chi connectivity index (χ2v) is 16.0. The van der Waals surface area contributed by atoms with E-state index in [1.807, 2.05) is 30.3 Å². The zero-order chi connectivity index (χ0) is 31.4. The van der Waals surface area contributed by atoms with E-state index in [9.17, 15) is 34.4 Å². The fourth-order valence-electron chi connectivity index (χ4n) is 6.19. The fourth-order valence-corrected chi connectivity index (χ4v) is 8.89. The van der Waals surface area contributed by atoms with Gasteiger partial charge in [-0.15, -0.1) is 13.2 Å². The van der Waals surface area contributed by atoms with E-state index >= 15 is 0 Å². The highest BCUT2D eigenvalue weighted by molar-refractivity contribution is 7.92. The Labute approximate surface area is 248 Å². The van der Waals surface area contributed by atoms with Gasteiger partial charge in [-0.1, -0.05) is 30.3 Å². The molecule has 43 heavy (non-hydrogen) atoms. The van der Waals surface area contributed by atoms with Gasteiger partial charge in [0, 0.05) is 11.8 Å². The lowest BCUT2D eigenvalue weighted by Crippen LogP contribution is -2.47. The van der Waals surface area contributed by atoms with E-state index in [0.717, 1.165) is 35.6 Å². The van der Waals surface area contributed by atoms with Gasteiger partial charge in [-0.25, -0.2) is 21.2 Å². The van der Waals surface area contributed by atoms with Crippen LogP contribution in [0.25, 0.3) is 11.6 Å². The smallest absolute Gasteiger partial charge is 0.406 e. The molecule has 2 aliphatic rings. The van der Waals surface area contributed by atoms with E-state index in [-0.39, 0.29) is 27.3 Å². The van der Waals surface area contributed by atoms with Crippen molar-refractivity contribution in [3.63, 3.8) is 0 Å². The third-order valence-electron chi connectivity index (χ3n) is 8.47. The average Bonchev–Trinajstić information content (AvgIpc) is 3.31. The average molecular weight is 638 g/mol. The molecule has 1 heterocycles. The Morgan fingerprint density at radius 3 is 2.21 bits per heavy atom. The molecule has 1 saturated heterocycles. The van der Waals surface area contributed by atoms with E-state index in [0.29, 0.717) is 31.5 Å². The maximum atomic E-state index is 14.5. The van der Waals surface area contributed by atoms with Gasteiger partial charge in [0.1, 0.15) is 11.6 Å². The summed E-state index contributed by atoms with van der Waals surface area (Å²) in [7, 11) is -7.74. The molecule has 3 aromatic carbocycles. The molecular weight excluding hydrogens is 606 g/mol. The number of benzene rings is 3. The van der Waals surface area contributed by atoms with Gasteiger partial charge in [-0.3, -0.25) is 4.90 Å². The van der Waals surface area contributed by atoms with Crippen LogP contribution >= 0.6 is 0 Å². The molecule has 12 heteroatoms. The molecule has 0 spiro atoms. The second kappa shape index (κ2) is 11.0. The summed E-state index contributed by atoms with van der Waals surface area (Å²) in [5.74, 6) is -1.50. The number of hydrogen-bond donors (Lipinski definition) is 0. The number of sulfone groups is 2. The highest BCUT2D eigenvalue weighted by atomic mass is 32.2. The molecule has 6 nitrogen and oxygen atoms in total. The molecule has 0 amide bonds. The topological polar surface area (TPSA) is 80.8 Å². The molecule has 230 valence electrons. The Hall–Kier alpha value is -3.22. The zero-order valence-corrected chi connectivity index (χ0v) is 25.4. The van der Waals surface area contributed by atoms with Gasteiger partial charge < -0.3 is 4.74 Å². The maximum Gasteiger partial charge on any atom is 0.573 e. The Balaban J connectivity index is 1.42. The SMILES string of the molecule is CC(C)(C1CCN(C2C(c3cc(F)ccc3S(C)(=O)=O)=Cc3ccccc32)CC1)S(=O)(=O)c1cccc(OC(F)(F)F)c1. The molecule has 1 atom stereocenters. The predicted octanol–water partition coefficient (Wildman–Crippen LogP) is 6.69. The molecular formula is C31H31F4NO5S2. The van der Waals surface area contributed by atoms with Crippen LogP contribution in [0, 0.1) is 11.7 Å². The van der Waals surface area contributed by atoms with Gasteiger partial charge in [0.05, 0.1) is 20.6 Å². The van der Waals surface area contributed by atoms with Gasteiger partial charge in [0.2, 0.25) is 0 Å². The first-order valence-electron chi connectivity index (χ1n) is 13.6. The number of ether oxygens (including phenoxy) is 1. The van der Waals surface area contributed by atoms with Crippen LogP contribution in [0.4, 0.5) is 17.6 Å². The van der Waals surface area contributed by atoms with Crippen LogP contribution in [-0.4, -0.2) is 52.2 Å². The highest BCUT2D eigenvalue weighted by Gasteiger charge is 2.45. The molecule has 1 fully saturated rings. The molecule has 0 bridgehead atoms. The van der Waals surface area contributed by atoms with Crippen LogP contribution in [0.15, 0.2) is 76.5 Å². The molecule has 0 N–H and O–H groups in total. The minimum absolute atomic E-state index is 0.0248. The quantitative estimate of drug-likeness (QED) is 0.212.